The Labute approximate surface area is 213 Å². The van der Waals surface area contributed by atoms with Crippen LogP contribution in [0.1, 0.15) is 34.1 Å². The molecule has 1 fully saturated rings. The predicted octanol–water partition coefficient (Wildman–Crippen LogP) is 4.20. The van der Waals surface area contributed by atoms with Gasteiger partial charge in [-0.05, 0) is 54.1 Å². The molecular weight excluding hydrogens is 486 g/mol. The summed E-state index contributed by atoms with van der Waals surface area (Å²) in [6.07, 6.45) is 1.80. The van der Waals surface area contributed by atoms with Crippen molar-refractivity contribution in [3.05, 3.63) is 87.6 Å². The van der Waals surface area contributed by atoms with E-state index < -0.39 is 11.9 Å². The zero-order valence-corrected chi connectivity index (χ0v) is 20.6. The number of benzene rings is 2. The van der Waals surface area contributed by atoms with Crippen LogP contribution in [-0.2, 0) is 14.3 Å². The quantitative estimate of drug-likeness (QED) is 0.450. The van der Waals surface area contributed by atoms with Crippen LogP contribution < -0.4 is 15.5 Å². The Bertz CT molecular complexity index is 1130. The summed E-state index contributed by atoms with van der Waals surface area (Å²) in [6, 6.07) is 18.3. The molecule has 0 saturated carbocycles. The van der Waals surface area contributed by atoms with Crippen LogP contribution in [0, 0.1) is 0 Å². The van der Waals surface area contributed by atoms with Gasteiger partial charge in [0.05, 0.1) is 17.5 Å². The van der Waals surface area contributed by atoms with E-state index in [1.54, 1.807) is 53.9 Å². The molecule has 3 aromatic rings. The SMILES string of the molecule is O=C(NCC(=O)N(c1ccc(Cl)cc1)[C@H](C(=O)NC[C@H]1CCCO1)c1ccccc1)c1cccs1. The minimum atomic E-state index is -0.954. The first kappa shape index (κ1) is 24.9. The molecule has 4 rings (SSSR count). The molecule has 35 heavy (non-hydrogen) atoms. The third-order valence-corrected chi connectivity index (χ3v) is 6.79. The number of carbonyl (C=O) groups excluding carboxylic acids is 3. The van der Waals surface area contributed by atoms with Crippen molar-refractivity contribution in [3.8, 4) is 0 Å². The van der Waals surface area contributed by atoms with Gasteiger partial charge < -0.3 is 15.4 Å². The molecule has 2 heterocycles. The van der Waals surface area contributed by atoms with E-state index in [4.69, 9.17) is 16.3 Å². The average molecular weight is 512 g/mol. The topological polar surface area (TPSA) is 87.7 Å². The van der Waals surface area contributed by atoms with Crippen LogP contribution in [0.2, 0.25) is 5.02 Å². The molecular formula is C26H26ClN3O4S. The molecule has 182 valence electrons. The van der Waals surface area contributed by atoms with Gasteiger partial charge in [0.1, 0.15) is 6.04 Å². The number of ether oxygens (including phenoxy) is 1. The second kappa shape index (κ2) is 12.0. The maximum atomic E-state index is 13.6. The summed E-state index contributed by atoms with van der Waals surface area (Å²) in [7, 11) is 0. The van der Waals surface area contributed by atoms with Gasteiger partial charge in [-0.15, -0.1) is 11.3 Å². The minimum absolute atomic E-state index is 0.0415. The first-order valence-electron chi connectivity index (χ1n) is 11.4. The number of amides is 3. The molecule has 2 aromatic carbocycles. The average Bonchev–Trinajstić information content (AvgIpc) is 3.60. The Morgan fingerprint density at radius 2 is 1.80 bits per heavy atom. The first-order chi connectivity index (χ1) is 17.0. The van der Waals surface area contributed by atoms with Gasteiger partial charge in [0.25, 0.3) is 5.91 Å². The number of carbonyl (C=O) groups is 3. The van der Waals surface area contributed by atoms with Crippen LogP contribution in [-0.4, -0.2) is 43.5 Å². The fraction of sp³-hybridized carbons (Fsp3) is 0.269. The van der Waals surface area contributed by atoms with Crippen molar-refractivity contribution in [2.24, 2.45) is 0 Å². The van der Waals surface area contributed by atoms with Crippen molar-refractivity contribution >= 4 is 46.3 Å². The van der Waals surface area contributed by atoms with Gasteiger partial charge in [-0.25, -0.2) is 0 Å². The smallest absolute Gasteiger partial charge is 0.261 e. The highest BCUT2D eigenvalue weighted by molar-refractivity contribution is 7.12. The van der Waals surface area contributed by atoms with Gasteiger partial charge in [-0.2, -0.15) is 0 Å². The predicted molar refractivity (Wildman–Crippen MR) is 137 cm³/mol. The maximum absolute atomic E-state index is 13.6. The summed E-state index contributed by atoms with van der Waals surface area (Å²) in [5.41, 5.74) is 1.14. The number of thiophene rings is 1. The molecule has 0 aliphatic carbocycles. The highest BCUT2D eigenvalue weighted by Crippen LogP contribution is 2.29. The highest BCUT2D eigenvalue weighted by atomic mass is 35.5. The first-order valence-corrected chi connectivity index (χ1v) is 12.6. The van der Waals surface area contributed by atoms with Crippen molar-refractivity contribution in [1.82, 2.24) is 10.6 Å². The summed E-state index contributed by atoms with van der Waals surface area (Å²) in [5.74, 6) is -1.11. The monoisotopic (exact) mass is 511 g/mol. The van der Waals surface area contributed by atoms with Crippen molar-refractivity contribution < 1.29 is 19.1 Å². The summed E-state index contributed by atoms with van der Waals surface area (Å²) in [4.78, 5) is 41.5. The Morgan fingerprint density at radius 3 is 2.46 bits per heavy atom. The molecule has 0 radical (unpaired) electrons. The Balaban J connectivity index is 1.62. The second-order valence-electron chi connectivity index (χ2n) is 8.09. The lowest BCUT2D eigenvalue weighted by molar-refractivity contribution is -0.126. The molecule has 1 saturated heterocycles. The molecule has 3 amide bonds. The third-order valence-electron chi connectivity index (χ3n) is 5.67. The van der Waals surface area contributed by atoms with E-state index in [-0.39, 0.29) is 24.5 Å². The Kier molecular flexibility index (Phi) is 8.52. The molecule has 2 N–H and O–H groups in total. The van der Waals surface area contributed by atoms with E-state index >= 15 is 0 Å². The van der Waals surface area contributed by atoms with E-state index in [1.807, 2.05) is 18.2 Å². The Morgan fingerprint density at radius 1 is 1.03 bits per heavy atom. The molecule has 1 aliphatic rings. The van der Waals surface area contributed by atoms with Crippen molar-refractivity contribution in [2.75, 3.05) is 24.6 Å². The number of nitrogens with one attached hydrogen (secondary N) is 2. The van der Waals surface area contributed by atoms with Crippen LogP contribution in [0.25, 0.3) is 0 Å². The molecule has 0 bridgehead atoms. The van der Waals surface area contributed by atoms with Gasteiger partial charge in [0.15, 0.2) is 0 Å². The van der Waals surface area contributed by atoms with E-state index in [2.05, 4.69) is 10.6 Å². The third kappa shape index (κ3) is 6.48. The largest absolute Gasteiger partial charge is 0.376 e. The van der Waals surface area contributed by atoms with Gasteiger partial charge >= 0.3 is 0 Å². The fourth-order valence-electron chi connectivity index (χ4n) is 3.94. The van der Waals surface area contributed by atoms with E-state index in [0.717, 1.165) is 12.8 Å². The van der Waals surface area contributed by atoms with Gasteiger partial charge in [0.2, 0.25) is 11.8 Å². The van der Waals surface area contributed by atoms with Crippen LogP contribution >= 0.6 is 22.9 Å². The lowest BCUT2D eigenvalue weighted by atomic mass is 10.0. The molecule has 9 heteroatoms. The summed E-state index contributed by atoms with van der Waals surface area (Å²) in [6.45, 7) is 0.767. The van der Waals surface area contributed by atoms with E-state index in [9.17, 15) is 14.4 Å². The van der Waals surface area contributed by atoms with Crippen LogP contribution in [0.3, 0.4) is 0 Å². The summed E-state index contributed by atoms with van der Waals surface area (Å²) >= 11 is 7.37. The highest BCUT2D eigenvalue weighted by Gasteiger charge is 2.33. The van der Waals surface area contributed by atoms with Crippen LogP contribution in [0.4, 0.5) is 5.69 Å². The van der Waals surface area contributed by atoms with Crippen molar-refractivity contribution in [3.63, 3.8) is 0 Å². The number of hydrogen-bond donors (Lipinski definition) is 2. The number of rotatable bonds is 9. The number of nitrogens with zero attached hydrogens (tertiary/aromatic N) is 1. The number of anilines is 1. The van der Waals surface area contributed by atoms with Crippen molar-refractivity contribution in [2.45, 2.75) is 25.0 Å². The van der Waals surface area contributed by atoms with Crippen molar-refractivity contribution in [1.29, 1.82) is 0 Å². The second-order valence-corrected chi connectivity index (χ2v) is 9.48. The van der Waals surface area contributed by atoms with E-state index in [0.29, 0.717) is 34.3 Å². The fourth-order valence-corrected chi connectivity index (χ4v) is 4.71. The zero-order chi connectivity index (χ0) is 24.6. The molecule has 1 aliphatic heterocycles. The molecule has 1 aromatic heterocycles. The molecule has 7 nitrogen and oxygen atoms in total. The standard InChI is InChI=1S/C26H26ClN3O4S/c27-19-10-12-20(13-11-19)30(23(31)17-29-25(32)22-9-5-15-35-22)24(18-6-2-1-3-7-18)26(33)28-16-21-8-4-14-34-21/h1-3,5-7,9-13,15,21,24H,4,8,14,16-17H2,(H,28,33)(H,29,32)/t21-,24+/m1/s1. The molecule has 0 spiro atoms. The minimum Gasteiger partial charge on any atom is -0.376 e. The van der Waals surface area contributed by atoms with Gasteiger partial charge in [0, 0.05) is 23.9 Å². The van der Waals surface area contributed by atoms with Crippen LogP contribution in [0.5, 0.6) is 0 Å². The number of halogens is 1. The number of hydrogen-bond acceptors (Lipinski definition) is 5. The molecule has 0 unspecified atom stereocenters. The lowest BCUT2D eigenvalue weighted by Gasteiger charge is -2.32. The zero-order valence-electron chi connectivity index (χ0n) is 19.0. The maximum Gasteiger partial charge on any atom is 0.261 e. The summed E-state index contributed by atoms with van der Waals surface area (Å²) < 4.78 is 5.64. The lowest BCUT2D eigenvalue weighted by Crippen LogP contribution is -2.48. The van der Waals surface area contributed by atoms with Gasteiger partial charge in [-0.3, -0.25) is 19.3 Å². The summed E-state index contributed by atoms with van der Waals surface area (Å²) in [5, 5.41) is 7.93. The normalized spacial score (nSPS) is 15.9. The van der Waals surface area contributed by atoms with Crippen LogP contribution in [0.15, 0.2) is 72.1 Å². The molecule has 2 atom stereocenters. The Hall–Kier alpha value is -3.20. The van der Waals surface area contributed by atoms with E-state index in [1.165, 1.54) is 16.2 Å². The van der Waals surface area contributed by atoms with Gasteiger partial charge in [-0.1, -0.05) is 48.0 Å².